The van der Waals surface area contributed by atoms with E-state index in [-0.39, 0.29) is 0 Å². The normalized spacial score (nSPS) is 14.0. The topological polar surface area (TPSA) is 47.9 Å². The fourth-order valence-corrected chi connectivity index (χ4v) is 1.60. The minimum atomic E-state index is -0.910. The quantitative estimate of drug-likeness (QED) is 0.858. The molecule has 0 aliphatic heterocycles. The third-order valence-electron chi connectivity index (χ3n) is 2.98. The molecule has 0 saturated carbocycles. The monoisotopic (exact) mass is 240 g/mol. The van der Waals surface area contributed by atoms with Crippen molar-refractivity contribution in [2.45, 2.75) is 25.9 Å². The molecule has 1 aromatic carbocycles. The van der Waals surface area contributed by atoms with Crippen LogP contribution in [0.3, 0.4) is 0 Å². The van der Waals surface area contributed by atoms with Gasteiger partial charge < -0.3 is 19.3 Å². The maximum atomic E-state index is 10.2. The molecule has 0 bridgehead atoms. The van der Waals surface area contributed by atoms with Crippen LogP contribution in [0, 0.1) is 0 Å². The van der Waals surface area contributed by atoms with E-state index < -0.39 is 5.60 Å². The van der Waals surface area contributed by atoms with Crippen LogP contribution in [0.5, 0.6) is 17.2 Å². The van der Waals surface area contributed by atoms with Gasteiger partial charge in [0.1, 0.15) is 0 Å². The molecule has 17 heavy (non-hydrogen) atoms. The van der Waals surface area contributed by atoms with Gasteiger partial charge >= 0.3 is 0 Å². The van der Waals surface area contributed by atoms with Gasteiger partial charge in [-0.1, -0.05) is 6.92 Å². The van der Waals surface area contributed by atoms with Crippen LogP contribution >= 0.6 is 0 Å². The van der Waals surface area contributed by atoms with Gasteiger partial charge in [-0.3, -0.25) is 0 Å². The molecule has 4 heteroatoms. The summed E-state index contributed by atoms with van der Waals surface area (Å²) in [6.45, 7) is 3.68. The van der Waals surface area contributed by atoms with Crippen molar-refractivity contribution in [1.82, 2.24) is 0 Å². The second-order valence-corrected chi connectivity index (χ2v) is 4.04. The molecule has 1 unspecified atom stereocenters. The zero-order valence-electron chi connectivity index (χ0n) is 11.0. The first kappa shape index (κ1) is 13.6. The lowest BCUT2D eigenvalue weighted by Crippen LogP contribution is -2.19. The zero-order valence-corrected chi connectivity index (χ0v) is 11.0. The minimum Gasteiger partial charge on any atom is -0.493 e. The second-order valence-electron chi connectivity index (χ2n) is 4.04. The molecule has 4 nitrogen and oxygen atoms in total. The first-order chi connectivity index (χ1) is 8.00. The predicted octanol–water partition coefficient (Wildman–Crippen LogP) is 2.33. The second kappa shape index (κ2) is 5.27. The number of aliphatic hydroxyl groups is 1. The first-order valence-corrected chi connectivity index (χ1v) is 5.53. The summed E-state index contributed by atoms with van der Waals surface area (Å²) in [5.74, 6) is 1.64. The highest BCUT2D eigenvalue weighted by molar-refractivity contribution is 5.54. The number of hydrogen-bond acceptors (Lipinski definition) is 4. The maximum absolute atomic E-state index is 10.2. The molecule has 0 aliphatic carbocycles. The lowest BCUT2D eigenvalue weighted by atomic mass is 9.93. The Morgan fingerprint density at radius 2 is 1.53 bits per heavy atom. The first-order valence-electron chi connectivity index (χ1n) is 5.53. The largest absolute Gasteiger partial charge is 0.493 e. The Kier molecular flexibility index (Phi) is 4.23. The molecule has 1 atom stereocenters. The maximum Gasteiger partial charge on any atom is 0.203 e. The van der Waals surface area contributed by atoms with Gasteiger partial charge in [-0.2, -0.15) is 0 Å². The molecular formula is C13H20O4. The van der Waals surface area contributed by atoms with Crippen molar-refractivity contribution in [3.05, 3.63) is 17.7 Å². The molecule has 1 aromatic rings. The Hall–Kier alpha value is -1.42. The van der Waals surface area contributed by atoms with Gasteiger partial charge in [0, 0.05) is 0 Å². The van der Waals surface area contributed by atoms with Crippen LogP contribution in [0.25, 0.3) is 0 Å². The van der Waals surface area contributed by atoms with E-state index in [1.807, 2.05) is 6.92 Å². The molecule has 0 heterocycles. The summed E-state index contributed by atoms with van der Waals surface area (Å²) in [7, 11) is 4.67. The highest BCUT2D eigenvalue weighted by atomic mass is 16.5. The molecule has 96 valence electrons. The van der Waals surface area contributed by atoms with Crippen molar-refractivity contribution < 1.29 is 19.3 Å². The van der Waals surface area contributed by atoms with Crippen LogP contribution in [0.15, 0.2) is 12.1 Å². The fraction of sp³-hybridized carbons (Fsp3) is 0.538. The zero-order chi connectivity index (χ0) is 13.1. The average molecular weight is 240 g/mol. The Labute approximate surface area is 102 Å². The van der Waals surface area contributed by atoms with Crippen LogP contribution in [0.4, 0.5) is 0 Å². The number of ether oxygens (including phenoxy) is 3. The van der Waals surface area contributed by atoms with E-state index in [0.29, 0.717) is 23.7 Å². The van der Waals surface area contributed by atoms with Crippen LogP contribution in [0.1, 0.15) is 25.8 Å². The number of rotatable bonds is 5. The Morgan fingerprint density at radius 1 is 1.06 bits per heavy atom. The molecule has 0 radical (unpaired) electrons. The summed E-state index contributed by atoms with van der Waals surface area (Å²) in [4.78, 5) is 0. The van der Waals surface area contributed by atoms with Gasteiger partial charge in [-0.05, 0) is 31.0 Å². The van der Waals surface area contributed by atoms with E-state index in [0.717, 1.165) is 5.56 Å². The molecule has 1 rings (SSSR count). The highest BCUT2D eigenvalue weighted by Gasteiger charge is 2.24. The van der Waals surface area contributed by atoms with Crippen molar-refractivity contribution in [1.29, 1.82) is 0 Å². The van der Waals surface area contributed by atoms with Gasteiger partial charge in [0.25, 0.3) is 0 Å². The molecule has 0 saturated heterocycles. The molecular weight excluding hydrogens is 220 g/mol. The van der Waals surface area contributed by atoms with Crippen LogP contribution in [0.2, 0.25) is 0 Å². The van der Waals surface area contributed by atoms with Crippen molar-refractivity contribution in [3.8, 4) is 17.2 Å². The van der Waals surface area contributed by atoms with Gasteiger partial charge in [-0.15, -0.1) is 0 Å². The van der Waals surface area contributed by atoms with Gasteiger partial charge in [0.2, 0.25) is 5.75 Å². The summed E-state index contributed by atoms with van der Waals surface area (Å²) in [5.41, 5.74) is -0.165. The number of hydrogen-bond donors (Lipinski definition) is 1. The van der Waals surface area contributed by atoms with E-state index >= 15 is 0 Å². The Morgan fingerprint density at radius 3 is 1.82 bits per heavy atom. The summed E-state index contributed by atoms with van der Waals surface area (Å²) in [5, 5.41) is 10.2. The minimum absolute atomic E-state index is 0.533. The molecule has 0 aromatic heterocycles. The van der Waals surface area contributed by atoms with Gasteiger partial charge in [0.15, 0.2) is 11.5 Å². The molecule has 0 amide bonds. The standard InChI is InChI=1S/C13H20O4/c1-6-13(2,14)9-7-10(15-3)12(17-5)11(8-9)16-4/h7-8,14H,6H2,1-5H3. The summed E-state index contributed by atoms with van der Waals surface area (Å²) < 4.78 is 15.7. The highest BCUT2D eigenvalue weighted by Crippen LogP contribution is 2.41. The van der Waals surface area contributed by atoms with E-state index in [2.05, 4.69) is 0 Å². The summed E-state index contributed by atoms with van der Waals surface area (Å²) >= 11 is 0. The predicted molar refractivity (Wildman–Crippen MR) is 66.0 cm³/mol. The van der Waals surface area contributed by atoms with Crippen molar-refractivity contribution in [3.63, 3.8) is 0 Å². The fourth-order valence-electron chi connectivity index (χ4n) is 1.60. The number of benzene rings is 1. The van der Waals surface area contributed by atoms with Crippen molar-refractivity contribution in [2.24, 2.45) is 0 Å². The van der Waals surface area contributed by atoms with E-state index in [9.17, 15) is 5.11 Å². The van der Waals surface area contributed by atoms with Gasteiger partial charge in [0.05, 0.1) is 26.9 Å². The van der Waals surface area contributed by atoms with E-state index in [4.69, 9.17) is 14.2 Å². The smallest absolute Gasteiger partial charge is 0.203 e. The summed E-state index contributed by atoms with van der Waals surface area (Å²) in [6.07, 6.45) is 0.603. The van der Waals surface area contributed by atoms with Crippen molar-refractivity contribution in [2.75, 3.05) is 21.3 Å². The average Bonchev–Trinajstić information content (AvgIpc) is 2.36. The third kappa shape index (κ3) is 2.64. The lowest BCUT2D eigenvalue weighted by molar-refractivity contribution is 0.0525. The van der Waals surface area contributed by atoms with E-state index in [1.54, 1.807) is 40.4 Å². The Bertz CT molecular complexity index is 360. The van der Waals surface area contributed by atoms with Crippen LogP contribution in [-0.4, -0.2) is 26.4 Å². The van der Waals surface area contributed by atoms with Crippen molar-refractivity contribution >= 4 is 0 Å². The number of methoxy groups -OCH3 is 3. The molecule has 0 spiro atoms. The molecule has 1 N–H and O–H groups in total. The molecule has 0 fully saturated rings. The SMILES string of the molecule is CCC(C)(O)c1cc(OC)c(OC)c(OC)c1. The third-order valence-corrected chi connectivity index (χ3v) is 2.98. The molecule has 0 aliphatic rings. The lowest BCUT2D eigenvalue weighted by Gasteiger charge is -2.24. The van der Waals surface area contributed by atoms with Crippen LogP contribution in [-0.2, 0) is 5.60 Å². The Balaban J connectivity index is 3.37. The summed E-state index contributed by atoms with van der Waals surface area (Å²) in [6, 6.07) is 3.54. The van der Waals surface area contributed by atoms with Gasteiger partial charge in [-0.25, -0.2) is 0 Å². The van der Waals surface area contributed by atoms with Crippen LogP contribution < -0.4 is 14.2 Å². The van der Waals surface area contributed by atoms with E-state index in [1.165, 1.54) is 0 Å².